The Bertz CT molecular complexity index is 418. The monoisotopic (exact) mass is 255 g/mol. The Kier molecular flexibility index (Phi) is 4.34. The molecule has 0 aliphatic rings. The number of aromatic nitrogens is 1. The summed E-state index contributed by atoms with van der Waals surface area (Å²) in [7, 11) is 1.73. The predicted molar refractivity (Wildman–Crippen MR) is 70.6 cm³/mol. The van der Waals surface area contributed by atoms with Gasteiger partial charge in [-0.2, -0.15) is 0 Å². The highest BCUT2D eigenvalue weighted by atomic mass is 35.5. The molecule has 0 spiro atoms. The number of carbonyl (C=O) groups is 1. The fourth-order valence-electron chi connectivity index (χ4n) is 1.22. The smallest absolute Gasteiger partial charge is 0.251 e. The van der Waals surface area contributed by atoms with Crippen LogP contribution in [0.25, 0.3) is 0 Å². The molecule has 1 aromatic rings. The van der Waals surface area contributed by atoms with Crippen molar-refractivity contribution in [2.75, 3.05) is 12.4 Å². The highest BCUT2D eigenvalue weighted by Gasteiger charge is 2.19. The fraction of sp³-hybridized carbons (Fsp3) is 0.500. The Morgan fingerprint density at radius 2 is 2.12 bits per heavy atom. The lowest BCUT2D eigenvalue weighted by molar-refractivity contribution is 0.0911. The zero-order chi connectivity index (χ0) is 13.1. The first-order valence-corrected chi connectivity index (χ1v) is 5.93. The summed E-state index contributed by atoms with van der Waals surface area (Å²) in [4.78, 5) is 16.0. The summed E-state index contributed by atoms with van der Waals surface area (Å²) < 4.78 is 0. The van der Waals surface area contributed by atoms with E-state index in [0.29, 0.717) is 16.5 Å². The molecule has 94 valence electrons. The van der Waals surface area contributed by atoms with Crippen molar-refractivity contribution in [3.8, 4) is 0 Å². The molecule has 0 saturated heterocycles. The van der Waals surface area contributed by atoms with E-state index in [1.54, 1.807) is 19.2 Å². The lowest BCUT2D eigenvalue weighted by Crippen LogP contribution is -2.42. The zero-order valence-corrected chi connectivity index (χ0v) is 11.4. The Labute approximate surface area is 107 Å². The van der Waals surface area contributed by atoms with Gasteiger partial charge in [-0.25, -0.2) is 4.98 Å². The third kappa shape index (κ3) is 3.89. The van der Waals surface area contributed by atoms with Crippen molar-refractivity contribution in [2.45, 2.75) is 32.7 Å². The largest absolute Gasteiger partial charge is 0.373 e. The molecule has 0 unspecified atom stereocenters. The number of rotatable bonds is 4. The molecule has 1 aromatic heterocycles. The first-order chi connectivity index (χ1) is 7.88. The van der Waals surface area contributed by atoms with Gasteiger partial charge in [-0.1, -0.05) is 18.5 Å². The number of amides is 1. The third-order valence-electron chi connectivity index (χ3n) is 2.65. The summed E-state index contributed by atoms with van der Waals surface area (Å²) in [5, 5.41) is 6.11. The number of anilines is 1. The van der Waals surface area contributed by atoms with Crippen molar-refractivity contribution in [3.05, 3.63) is 22.8 Å². The zero-order valence-electron chi connectivity index (χ0n) is 10.6. The van der Waals surface area contributed by atoms with Gasteiger partial charge in [0, 0.05) is 18.2 Å². The summed E-state index contributed by atoms with van der Waals surface area (Å²) >= 11 is 5.85. The summed E-state index contributed by atoms with van der Waals surface area (Å²) in [6.45, 7) is 5.98. The quantitative estimate of drug-likeness (QED) is 0.814. The molecule has 0 atom stereocenters. The molecule has 0 saturated carbocycles. The average molecular weight is 256 g/mol. The molecule has 1 rings (SSSR count). The number of halogens is 1. The Morgan fingerprint density at radius 3 is 2.65 bits per heavy atom. The maximum atomic E-state index is 12.0. The van der Waals surface area contributed by atoms with Gasteiger partial charge in [0.15, 0.2) is 0 Å². The third-order valence-corrected chi connectivity index (χ3v) is 2.84. The molecule has 4 nitrogen and oxygen atoms in total. The van der Waals surface area contributed by atoms with Crippen LogP contribution in [0.1, 0.15) is 37.6 Å². The van der Waals surface area contributed by atoms with E-state index in [4.69, 9.17) is 11.6 Å². The fourth-order valence-corrected chi connectivity index (χ4v) is 1.43. The van der Waals surface area contributed by atoms with Gasteiger partial charge in [-0.3, -0.25) is 4.79 Å². The summed E-state index contributed by atoms with van der Waals surface area (Å²) in [6, 6.07) is 3.23. The van der Waals surface area contributed by atoms with Crippen LogP contribution in [-0.2, 0) is 0 Å². The highest BCUT2D eigenvalue weighted by molar-refractivity contribution is 6.29. The van der Waals surface area contributed by atoms with Crippen LogP contribution >= 0.6 is 11.6 Å². The summed E-state index contributed by atoms with van der Waals surface area (Å²) in [5.41, 5.74) is 0.281. The van der Waals surface area contributed by atoms with E-state index in [-0.39, 0.29) is 11.4 Å². The van der Waals surface area contributed by atoms with Gasteiger partial charge < -0.3 is 10.6 Å². The van der Waals surface area contributed by atoms with Crippen LogP contribution in [0.5, 0.6) is 0 Å². The van der Waals surface area contributed by atoms with Crippen LogP contribution < -0.4 is 10.6 Å². The number of hydrogen-bond donors (Lipinski definition) is 2. The number of carbonyl (C=O) groups excluding carboxylic acids is 1. The van der Waals surface area contributed by atoms with E-state index in [9.17, 15) is 4.79 Å². The average Bonchev–Trinajstić information content (AvgIpc) is 2.27. The topological polar surface area (TPSA) is 54.0 Å². The molecule has 0 aromatic carbocycles. The van der Waals surface area contributed by atoms with Crippen LogP contribution in [0.3, 0.4) is 0 Å². The van der Waals surface area contributed by atoms with E-state index in [1.807, 2.05) is 20.8 Å². The van der Waals surface area contributed by atoms with Crippen LogP contribution in [0.4, 0.5) is 5.82 Å². The molecule has 2 N–H and O–H groups in total. The predicted octanol–water partition coefficient (Wildman–Crippen LogP) is 2.70. The SMILES string of the molecule is CCC(C)(C)NC(=O)c1cc(Cl)nc(NC)c1. The van der Waals surface area contributed by atoms with E-state index < -0.39 is 0 Å². The molecule has 0 fully saturated rings. The molecule has 0 bridgehead atoms. The van der Waals surface area contributed by atoms with E-state index in [2.05, 4.69) is 15.6 Å². The molecule has 5 heteroatoms. The Hall–Kier alpha value is -1.29. The van der Waals surface area contributed by atoms with Crippen molar-refractivity contribution in [2.24, 2.45) is 0 Å². The Morgan fingerprint density at radius 1 is 1.47 bits per heavy atom. The molecule has 0 aliphatic heterocycles. The normalized spacial score (nSPS) is 11.1. The minimum Gasteiger partial charge on any atom is -0.373 e. The van der Waals surface area contributed by atoms with E-state index in [1.165, 1.54) is 0 Å². The second kappa shape index (κ2) is 5.36. The van der Waals surface area contributed by atoms with Crippen LogP contribution in [0.2, 0.25) is 5.15 Å². The van der Waals surface area contributed by atoms with Gasteiger partial charge in [0.05, 0.1) is 0 Å². The number of hydrogen-bond acceptors (Lipinski definition) is 3. The maximum absolute atomic E-state index is 12.0. The van der Waals surface area contributed by atoms with Gasteiger partial charge >= 0.3 is 0 Å². The standard InChI is InChI=1S/C12H18ClN3O/c1-5-12(2,3)16-11(17)8-6-9(13)15-10(7-8)14-4/h6-7H,5H2,1-4H3,(H,14,15)(H,16,17). The molecule has 0 radical (unpaired) electrons. The van der Waals surface area contributed by atoms with Crippen LogP contribution in [0, 0.1) is 0 Å². The second-order valence-corrected chi connectivity index (χ2v) is 4.89. The van der Waals surface area contributed by atoms with Crippen LogP contribution in [-0.4, -0.2) is 23.5 Å². The van der Waals surface area contributed by atoms with Crippen molar-refractivity contribution in [1.29, 1.82) is 0 Å². The Balaban J connectivity index is 2.93. The second-order valence-electron chi connectivity index (χ2n) is 4.51. The van der Waals surface area contributed by atoms with Crippen LogP contribution in [0.15, 0.2) is 12.1 Å². The van der Waals surface area contributed by atoms with Gasteiger partial charge in [0.1, 0.15) is 11.0 Å². The first kappa shape index (κ1) is 13.8. The number of nitrogens with zero attached hydrogens (tertiary/aromatic N) is 1. The molecule has 0 aliphatic carbocycles. The van der Waals surface area contributed by atoms with E-state index >= 15 is 0 Å². The highest BCUT2D eigenvalue weighted by Crippen LogP contribution is 2.16. The minimum atomic E-state index is -0.230. The lowest BCUT2D eigenvalue weighted by Gasteiger charge is -2.24. The molecule has 17 heavy (non-hydrogen) atoms. The number of pyridine rings is 1. The minimum absolute atomic E-state index is 0.141. The molecular weight excluding hydrogens is 238 g/mol. The molecule has 1 heterocycles. The van der Waals surface area contributed by atoms with E-state index in [0.717, 1.165) is 6.42 Å². The van der Waals surface area contributed by atoms with Crippen molar-refractivity contribution in [3.63, 3.8) is 0 Å². The van der Waals surface area contributed by atoms with Gasteiger partial charge in [0.2, 0.25) is 0 Å². The summed E-state index contributed by atoms with van der Waals surface area (Å²) in [6.07, 6.45) is 0.858. The lowest BCUT2D eigenvalue weighted by atomic mass is 10.0. The molecule has 1 amide bonds. The van der Waals surface area contributed by atoms with Crippen molar-refractivity contribution >= 4 is 23.3 Å². The van der Waals surface area contributed by atoms with Gasteiger partial charge in [-0.15, -0.1) is 0 Å². The number of nitrogens with one attached hydrogen (secondary N) is 2. The van der Waals surface area contributed by atoms with Gasteiger partial charge in [-0.05, 0) is 32.4 Å². The van der Waals surface area contributed by atoms with Crippen molar-refractivity contribution < 1.29 is 4.79 Å². The maximum Gasteiger partial charge on any atom is 0.251 e. The van der Waals surface area contributed by atoms with Crippen molar-refractivity contribution in [1.82, 2.24) is 10.3 Å². The first-order valence-electron chi connectivity index (χ1n) is 5.56. The summed E-state index contributed by atoms with van der Waals surface area (Å²) in [5.74, 6) is 0.439. The molecular formula is C12H18ClN3O. The van der Waals surface area contributed by atoms with Gasteiger partial charge in [0.25, 0.3) is 5.91 Å².